The molecule has 4 rings (SSSR count). The Labute approximate surface area is 194 Å². The fraction of sp³-hybridized carbons (Fsp3) is 0.731. The molecule has 0 bridgehead atoms. The third-order valence-corrected chi connectivity index (χ3v) is 7.32. The van der Waals surface area contributed by atoms with Gasteiger partial charge in [0, 0.05) is 57.6 Å². The number of benzene rings is 1. The fourth-order valence-corrected chi connectivity index (χ4v) is 5.12. The van der Waals surface area contributed by atoms with E-state index in [0.29, 0.717) is 12.6 Å². The van der Waals surface area contributed by atoms with E-state index in [2.05, 4.69) is 58.5 Å². The van der Waals surface area contributed by atoms with Gasteiger partial charge < -0.3 is 25.2 Å². The number of aliphatic imine (C=N–C) groups is 1. The van der Waals surface area contributed by atoms with Crippen molar-refractivity contribution in [1.82, 2.24) is 15.5 Å². The molecule has 3 aliphatic rings. The smallest absolute Gasteiger partial charge is 0.191 e. The van der Waals surface area contributed by atoms with Gasteiger partial charge in [-0.3, -0.25) is 0 Å². The standard InChI is InChI=1S/C26H43N5O/c1-3-27-26(29-24-10-13-30(14-11-24)19-23-12-17-32-20-23)28-18-22-4-6-25(7-5-22)31-15-8-21(2)9-16-31/h4-7,21,23-24H,3,8-20H2,1-2H3,(H2,27,28,29). The van der Waals surface area contributed by atoms with E-state index in [1.807, 2.05) is 0 Å². The van der Waals surface area contributed by atoms with Crippen molar-refractivity contribution in [1.29, 1.82) is 0 Å². The number of nitrogens with zero attached hydrogens (tertiary/aromatic N) is 3. The van der Waals surface area contributed by atoms with Gasteiger partial charge in [0.2, 0.25) is 0 Å². The van der Waals surface area contributed by atoms with E-state index < -0.39 is 0 Å². The van der Waals surface area contributed by atoms with E-state index in [-0.39, 0.29) is 0 Å². The molecule has 6 nitrogen and oxygen atoms in total. The van der Waals surface area contributed by atoms with Gasteiger partial charge >= 0.3 is 0 Å². The van der Waals surface area contributed by atoms with E-state index >= 15 is 0 Å². The second kappa shape index (κ2) is 11.9. The highest BCUT2D eigenvalue weighted by Crippen LogP contribution is 2.23. The van der Waals surface area contributed by atoms with Crippen LogP contribution in [0.4, 0.5) is 5.69 Å². The van der Waals surface area contributed by atoms with Crippen molar-refractivity contribution >= 4 is 11.6 Å². The Balaban J connectivity index is 1.24. The average molecular weight is 442 g/mol. The topological polar surface area (TPSA) is 52.1 Å². The maximum absolute atomic E-state index is 5.54. The predicted molar refractivity (Wildman–Crippen MR) is 133 cm³/mol. The molecule has 0 aromatic heterocycles. The largest absolute Gasteiger partial charge is 0.381 e. The van der Waals surface area contributed by atoms with Crippen LogP contribution >= 0.6 is 0 Å². The Hall–Kier alpha value is -1.79. The van der Waals surface area contributed by atoms with Gasteiger partial charge in [-0.25, -0.2) is 4.99 Å². The minimum Gasteiger partial charge on any atom is -0.381 e. The van der Waals surface area contributed by atoms with Crippen molar-refractivity contribution in [3.63, 3.8) is 0 Å². The first-order valence-electron chi connectivity index (χ1n) is 12.9. The molecule has 0 amide bonds. The first-order chi connectivity index (χ1) is 15.7. The number of likely N-dealkylation sites (tertiary alicyclic amines) is 1. The number of ether oxygens (including phenoxy) is 1. The lowest BCUT2D eigenvalue weighted by atomic mass is 9.99. The van der Waals surface area contributed by atoms with Crippen molar-refractivity contribution in [3.8, 4) is 0 Å². The van der Waals surface area contributed by atoms with Gasteiger partial charge in [-0.1, -0.05) is 19.1 Å². The molecule has 1 atom stereocenters. The van der Waals surface area contributed by atoms with Gasteiger partial charge in [0.25, 0.3) is 0 Å². The molecule has 0 spiro atoms. The maximum Gasteiger partial charge on any atom is 0.191 e. The fourth-order valence-electron chi connectivity index (χ4n) is 5.12. The highest BCUT2D eigenvalue weighted by molar-refractivity contribution is 5.80. The first-order valence-corrected chi connectivity index (χ1v) is 12.9. The molecular weight excluding hydrogens is 398 g/mol. The number of guanidine groups is 1. The van der Waals surface area contributed by atoms with Crippen molar-refractivity contribution in [3.05, 3.63) is 29.8 Å². The minimum atomic E-state index is 0.507. The lowest BCUT2D eigenvalue weighted by Gasteiger charge is -2.34. The summed E-state index contributed by atoms with van der Waals surface area (Å²) in [6, 6.07) is 9.53. The van der Waals surface area contributed by atoms with Gasteiger partial charge in [0.05, 0.1) is 13.2 Å². The summed E-state index contributed by atoms with van der Waals surface area (Å²) in [5, 5.41) is 7.13. The molecule has 0 saturated carbocycles. The lowest BCUT2D eigenvalue weighted by molar-refractivity contribution is 0.150. The molecule has 3 saturated heterocycles. The maximum atomic E-state index is 5.54. The molecule has 3 aliphatic heterocycles. The molecule has 1 aromatic carbocycles. The summed E-state index contributed by atoms with van der Waals surface area (Å²) in [4.78, 5) is 10.0. The van der Waals surface area contributed by atoms with Crippen LogP contribution in [0.1, 0.15) is 51.5 Å². The molecule has 178 valence electrons. The monoisotopic (exact) mass is 441 g/mol. The molecular formula is C26H43N5O. The highest BCUT2D eigenvalue weighted by Gasteiger charge is 2.24. The Morgan fingerprint density at radius 3 is 2.44 bits per heavy atom. The van der Waals surface area contributed by atoms with Gasteiger partial charge in [-0.05, 0) is 68.6 Å². The van der Waals surface area contributed by atoms with Crippen LogP contribution in [0.25, 0.3) is 0 Å². The molecule has 1 unspecified atom stereocenters. The molecule has 6 heteroatoms. The minimum absolute atomic E-state index is 0.507. The van der Waals surface area contributed by atoms with Crippen molar-refractivity contribution in [2.75, 3.05) is 57.4 Å². The van der Waals surface area contributed by atoms with E-state index in [9.17, 15) is 0 Å². The van der Waals surface area contributed by atoms with Crippen LogP contribution in [0, 0.1) is 11.8 Å². The molecule has 3 heterocycles. The van der Waals surface area contributed by atoms with Crippen LogP contribution in [-0.2, 0) is 11.3 Å². The zero-order chi connectivity index (χ0) is 22.2. The predicted octanol–water partition coefficient (Wildman–Crippen LogP) is 3.48. The molecule has 0 aliphatic carbocycles. The average Bonchev–Trinajstić information content (AvgIpc) is 3.33. The number of anilines is 1. The molecule has 2 N–H and O–H groups in total. The Bertz CT molecular complexity index is 699. The normalized spacial score (nSPS) is 24.1. The SMILES string of the molecule is CCNC(=NCc1ccc(N2CCC(C)CC2)cc1)NC1CCN(CC2CCOC2)CC1. The van der Waals surface area contributed by atoms with E-state index in [4.69, 9.17) is 9.73 Å². The van der Waals surface area contributed by atoms with Crippen LogP contribution in [0.3, 0.4) is 0 Å². The summed E-state index contributed by atoms with van der Waals surface area (Å²) < 4.78 is 5.54. The summed E-state index contributed by atoms with van der Waals surface area (Å²) in [6.07, 6.45) is 6.20. The van der Waals surface area contributed by atoms with Crippen LogP contribution in [0.2, 0.25) is 0 Å². The van der Waals surface area contributed by atoms with Gasteiger partial charge in [-0.15, -0.1) is 0 Å². The summed E-state index contributed by atoms with van der Waals surface area (Å²) >= 11 is 0. The van der Waals surface area contributed by atoms with Crippen LogP contribution < -0.4 is 15.5 Å². The number of hydrogen-bond acceptors (Lipinski definition) is 4. The van der Waals surface area contributed by atoms with Crippen LogP contribution in [0.5, 0.6) is 0 Å². The van der Waals surface area contributed by atoms with Crippen LogP contribution in [0.15, 0.2) is 29.3 Å². The number of piperidine rings is 2. The molecule has 1 aromatic rings. The van der Waals surface area contributed by atoms with Gasteiger partial charge in [0.15, 0.2) is 5.96 Å². The molecule has 3 fully saturated rings. The zero-order valence-corrected chi connectivity index (χ0v) is 20.2. The van der Waals surface area contributed by atoms with Crippen molar-refractivity contribution in [2.45, 2.75) is 58.5 Å². The van der Waals surface area contributed by atoms with Crippen molar-refractivity contribution in [2.24, 2.45) is 16.8 Å². The molecule has 32 heavy (non-hydrogen) atoms. The summed E-state index contributed by atoms with van der Waals surface area (Å²) in [5.74, 6) is 2.55. The number of rotatable bonds is 7. The third-order valence-electron chi connectivity index (χ3n) is 7.32. The van der Waals surface area contributed by atoms with Gasteiger partial charge in [-0.2, -0.15) is 0 Å². The van der Waals surface area contributed by atoms with E-state index in [1.54, 1.807) is 0 Å². The first kappa shape index (κ1) is 23.4. The summed E-state index contributed by atoms with van der Waals surface area (Å²) in [6.45, 7) is 13.9. The Morgan fingerprint density at radius 1 is 1.03 bits per heavy atom. The van der Waals surface area contributed by atoms with E-state index in [0.717, 1.165) is 37.6 Å². The Kier molecular flexibility index (Phi) is 8.69. The second-order valence-electron chi connectivity index (χ2n) is 9.98. The summed E-state index contributed by atoms with van der Waals surface area (Å²) in [5.41, 5.74) is 2.62. The van der Waals surface area contributed by atoms with E-state index in [1.165, 1.54) is 76.1 Å². The summed E-state index contributed by atoms with van der Waals surface area (Å²) in [7, 11) is 0. The van der Waals surface area contributed by atoms with Gasteiger partial charge in [0.1, 0.15) is 0 Å². The lowest BCUT2D eigenvalue weighted by Crippen LogP contribution is -2.49. The zero-order valence-electron chi connectivity index (χ0n) is 20.2. The quantitative estimate of drug-likeness (QED) is 0.501. The van der Waals surface area contributed by atoms with Crippen LogP contribution in [-0.4, -0.2) is 69.4 Å². The highest BCUT2D eigenvalue weighted by atomic mass is 16.5. The number of nitrogens with one attached hydrogen (secondary N) is 2. The second-order valence-corrected chi connectivity index (χ2v) is 9.98. The third kappa shape index (κ3) is 6.85. The number of hydrogen-bond donors (Lipinski definition) is 2. The molecule has 0 radical (unpaired) electrons. The Morgan fingerprint density at radius 2 is 1.78 bits per heavy atom. The van der Waals surface area contributed by atoms with Crippen molar-refractivity contribution < 1.29 is 4.74 Å².